The molecule has 0 aliphatic carbocycles. The average Bonchev–Trinajstić information content (AvgIpc) is 2.66. The van der Waals surface area contributed by atoms with Crippen LogP contribution in [0.1, 0.15) is 18.7 Å². The molecule has 140 valence electrons. The standard InChI is InChI=1S/C19H19F2N5O/c1-12-24-17-8-14(20)2-3-15(17)19(27)26(12)10-13-4-6-25(7-5-13)18-16(21)9-22-11-23-18/h2-3,8-9,11,13H,4-7,10H2,1H3. The highest BCUT2D eigenvalue weighted by atomic mass is 19.1. The molecule has 1 saturated heterocycles. The maximum atomic E-state index is 13.9. The SMILES string of the molecule is Cc1nc2cc(F)ccc2c(=O)n1CC1CCN(c2ncncc2F)CC1. The molecule has 0 amide bonds. The molecule has 8 heteroatoms. The molecule has 27 heavy (non-hydrogen) atoms. The van der Waals surface area contributed by atoms with E-state index in [2.05, 4.69) is 15.0 Å². The predicted octanol–water partition coefficient (Wildman–Crippen LogP) is 2.69. The number of nitrogens with zero attached hydrogens (tertiary/aromatic N) is 5. The Morgan fingerprint density at radius 3 is 2.74 bits per heavy atom. The molecule has 0 radical (unpaired) electrons. The lowest BCUT2D eigenvalue weighted by atomic mass is 9.96. The highest BCUT2D eigenvalue weighted by Gasteiger charge is 2.23. The molecule has 1 aliphatic heterocycles. The largest absolute Gasteiger partial charge is 0.354 e. The molecular formula is C19H19F2N5O. The van der Waals surface area contributed by atoms with Gasteiger partial charge in [0.25, 0.3) is 5.56 Å². The van der Waals surface area contributed by atoms with Crippen LogP contribution in [-0.2, 0) is 6.54 Å². The fourth-order valence-electron chi connectivity index (χ4n) is 3.64. The van der Waals surface area contributed by atoms with E-state index in [4.69, 9.17) is 0 Å². The lowest BCUT2D eigenvalue weighted by Gasteiger charge is -2.33. The summed E-state index contributed by atoms with van der Waals surface area (Å²) in [5, 5.41) is 0.419. The fourth-order valence-corrected chi connectivity index (χ4v) is 3.64. The van der Waals surface area contributed by atoms with Gasteiger partial charge < -0.3 is 4.90 Å². The number of benzene rings is 1. The highest BCUT2D eigenvalue weighted by molar-refractivity contribution is 5.77. The van der Waals surface area contributed by atoms with Gasteiger partial charge in [-0.25, -0.2) is 23.7 Å². The van der Waals surface area contributed by atoms with E-state index in [1.54, 1.807) is 11.5 Å². The minimum atomic E-state index is -0.422. The lowest BCUT2D eigenvalue weighted by molar-refractivity contribution is 0.346. The van der Waals surface area contributed by atoms with E-state index in [1.807, 2.05) is 4.90 Å². The zero-order valence-corrected chi connectivity index (χ0v) is 14.9. The van der Waals surface area contributed by atoms with E-state index in [-0.39, 0.29) is 11.5 Å². The highest BCUT2D eigenvalue weighted by Crippen LogP contribution is 2.24. The van der Waals surface area contributed by atoms with Crippen LogP contribution in [0.5, 0.6) is 0 Å². The van der Waals surface area contributed by atoms with Gasteiger partial charge in [0.1, 0.15) is 18.0 Å². The molecule has 3 heterocycles. The third-order valence-electron chi connectivity index (χ3n) is 5.11. The smallest absolute Gasteiger partial charge is 0.261 e. The summed E-state index contributed by atoms with van der Waals surface area (Å²) in [5.74, 6) is 0.348. The Hall–Kier alpha value is -2.90. The summed E-state index contributed by atoms with van der Waals surface area (Å²) in [6, 6.07) is 4.04. The normalized spacial score (nSPS) is 15.4. The first-order valence-electron chi connectivity index (χ1n) is 8.90. The minimum absolute atomic E-state index is 0.151. The second kappa shape index (κ2) is 7.02. The van der Waals surface area contributed by atoms with Crippen molar-refractivity contribution in [3.8, 4) is 0 Å². The first kappa shape index (κ1) is 17.5. The van der Waals surface area contributed by atoms with Crippen LogP contribution in [-0.4, -0.2) is 32.6 Å². The zero-order chi connectivity index (χ0) is 19.0. The van der Waals surface area contributed by atoms with Crippen molar-refractivity contribution in [2.24, 2.45) is 5.92 Å². The number of piperidine rings is 1. The van der Waals surface area contributed by atoms with Crippen molar-refractivity contribution in [2.75, 3.05) is 18.0 Å². The van der Waals surface area contributed by atoms with Crippen LogP contribution < -0.4 is 10.5 Å². The van der Waals surface area contributed by atoms with Gasteiger partial charge in [-0.3, -0.25) is 9.36 Å². The first-order valence-corrected chi connectivity index (χ1v) is 8.90. The van der Waals surface area contributed by atoms with Crippen LogP contribution in [0.3, 0.4) is 0 Å². The van der Waals surface area contributed by atoms with Gasteiger partial charge in [0, 0.05) is 25.7 Å². The predicted molar refractivity (Wildman–Crippen MR) is 97.6 cm³/mol. The average molecular weight is 371 g/mol. The molecule has 2 aromatic heterocycles. The molecule has 0 spiro atoms. The van der Waals surface area contributed by atoms with Crippen LogP contribution in [0.15, 0.2) is 35.5 Å². The van der Waals surface area contributed by atoms with Gasteiger partial charge in [0.2, 0.25) is 0 Å². The van der Waals surface area contributed by atoms with Gasteiger partial charge in [0.05, 0.1) is 17.1 Å². The van der Waals surface area contributed by atoms with E-state index in [0.717, 1.165) is 12.8 Å². The minimum Gasteiger partial charge on any atom is -0.354 e. The Balaban J connectivity index is 1.52. The summed E-state index contributed by atoms with van der Waals surface area (Å²) in [5.41, 5.74) is 0.226. The molecule has 0 atom stereocenters. The van der Waals surface area contributed by atoms with E-state index in [9.17, 15) is 13.6 Å². The Morgan fingerprint density at radius 1 is 1.22 bits per heavy atom. The number of halogens is 2. The van der Waals surface area contributed by atoms with Crippen molar-refractivity contribution in [2.45, 2.75) is 26.3 Å². The second-order valence-corrected chi connectivity index (χ2v) is 6.86. The third-order valence-corrected chi connectivity index (χ3v) is 5.11. The number of rotatable bonds is 3. The van der Waals surface area contributed by atoms with E-state index < -0.39 is 11.6 Å². The van der Waals surface area contributed by atoms with Crippen molar-refractivity contribution < 1.29 is 8.78 Å². The van der Waals surface area contributed by atoms with Gasteiger partial charge >= 0.3 is 0 Å². The van der Waals surface area contributed by atoms with Crippen LogP contribution in [0.4, 0.5) is 14.6 Å². The topological polar surface area (TPSA) is 63.9 Å². The molecule has 4 rings (SSSR count). The monoisotopic (exact) mass is 371 g/mol. The summed E-state index contributed by atoms with van der Waals surface area (Å²) < 4.78 is 28.9. The molecule has 0 bridgehead atoms. The maximum absolute atomic E-state index is 13.9. The quantitative estimate of drug-likeness (QED) is 0.708. The molecule has 1 aromatic carbocycles. The Morgan fingerprint density at radius 2 is 2.00 bits per heavy atom. The molecule has 0 N–H and O–H groups in total. The Bertz CT molecular complexity index is 1040. The molecular weight excluding hydrogens is 352 g/mol. The Labute approximate surface area is 154 Å². The van der Waals surface area contributed by atoms with Crippen molar-refractivity contribution in [1.82, 2.24) is 19.5 Å². The number of aromatic nitrogens is 4. The van der Waals surface area contributed by atoms with Crippen molar-refractivity contribution in [1.29, 1.82) is 0 Å². The van der Waals surface area contributed by atoms with Gasteiger partial charge in [-0.1, -0.05) is 0 Å². The number of aryl methyl sites for hydroxylation is 1. The van der Waals surface area contributed by atoms with Crippen molar-refractivity contribution >= 4 is 16.7 Å². The fraction of sp³-hybridized carbons (Fsp3) is 0.368. The third kappa shape index (κ3) is 3.39. The van der Waals surface area contributed by atoms with Gasteiger partial charge in [-0.2, -0.15) is 0 Å². The van der Waals surface area contributed by atoms with E-state index in [0.29, 0.717) is 42.2 Å². The van der Waals surface area contributed by atoms with Gasteiger partial charge in [-0.05, 0) is 37.8 Å². The lowest BCUT2D eigenvalue weighted by Crippen LogP contribution is -2.37. The number of hydrogen-bond acceptors (Lipinski definition) is 5. The van der Waals surface area contributed by atoms with E-state index >= 15 is 0 Å². The summed E-state index contributed by atoms with van der Waals surface area (Å²) >= 11 is 0. The first-order chi connectivity index (χ1) is 13.0. The van der Waals surface area contributed by atoms with Crippen LogP contribution in [0.2, 0.25) is 0 Å². The van der Waals surface area contributed by atoms with Gasteiger partial charge in [-0.15, -0.1) is 0 Å². The van der Waals surface area contributed by atoms with Crippen molar-refractivity contribution in [3.63, 3.8) is 0 Å². The second-order valence-electron chi connectivity index (χ2n) is 6.86. The molecule has 0 saturated carbocycles. The zero-order valence-electron chi connectivity index (χ0n) is 14.9. The number of anilines is 1. The molecule has 1 aliphatic rings. The number of fused-ring (bicyclic) bond motifs is 1. The van der Waals surface area contributed by atoms with Crippen LogP contribution in [0, 0.1) is 24.5 Å². The molecule has 6 nitrogen and oxygen atoms in total. The summed E-state index contributed by atoms with van der Waals surface area (Å²) in [6.07, 6.45) is 4.14. The molecule has 1 fully saturated rings. The van der Waals surface area contributed by atoms with E-state index in [1.165, 1.54) is 30.7 Å². The van der Waals surface area contributed by atoms with Gasteiger partial charge in [0.15, 0.2) is 11.6 Å². The van der Waals surface area contributed by atoms with Crippen LogP contribution in [0.25, 0.3) is 10.9 Å². The summed E-state index contributed by atoms with van der Waals surface area (Å²) in [6.45, 7) is 3.64. The number of hydrogen-bond donors (Lipinski definition) is 0. The molecule has 0 unspecified atom stereocenters. The Kier molecular flexibility index (Phi) is 4.55. The summed E-state index contributed by atoms with van der Waals surface area (Å²) in [4.78, 5) is 26.8. The maximum Gasteiger partial charge on any atom is 0.261 e. The van der Waals surface area contributed by atoms with Crippen molar-refractivity contribution in [3.05, 3.63) is 58.5 Å². The summed E-state index contributed by atoms with van der Waals surface area (Å²) in [7, 11) is 0. The molecule has 3 aromatic rings. The van der Waals surface area contributed by atoms with Crippen LogP contribution >= 0.6 is 0 Å².